The predicted octanol–water partition coefficient (Wildman–Crippen LogP) is 3.62. The number of benzene rings is 1. The lowest BCUT2D eigenvalue weighted by Crippen LogP contribution is -2.21. The summed E-state index contributed by atoms with van der Waals surface area (Å²) in [5.74, 6) is 0.541. The molecule has 94 valence electrons. The molecular weight excluding hydrogens is 337 g/mol. The number of hydrogen-bond donors (Lipinski definition) is 0. The van der Waals surface area contributed by atoms with Crippen molar-refractivity contribution in [3.05, 3.63) is 67.6 Å². The summed E-state index contributed by atoms with van der Waals surface area (Å²) < 4.78 is 2.50. The van der Waals surface area contributed by atoms with Crippen LogP contribution in [-0.4, -0.2) is 4.57 Å². The van der Waals surface area contributed by atoms with Crippen LogP contribution in [0.1, 0.15) is 30.9 Å². The number of hydrogen-bond acceptors (Lipinski definition) is 1. The van der Waals surface area contributed by atoms with Gasteiger partial charge in [0.2, 0.25) is 0 Å². The van der Waals surface area contributed by atoms with Crippen molar-refractivity contribution in [1.82, 2.24) is 4.57 Å². The minimum absolute atomic E-state index is 0.0750. The minimum Gasteiger partial charge on any atom is -0.310 e. The molecule has 0 aliphatic rings. The van der Waals surface area contributed by atoms with Gasteiger partial charge in [-0.2, -0.15) is 0 Å². The second-order valence-electron chi connectivity index (χ2n) is 4.69. The van der Waals surface area contributed by atoms with E-state index in [1.165, 1.54) is 5.56 Å². The molecule has 1 heterocycles. The van der Waals surface area contributed by atoms with Crippen LogP contribution in [0, 0.1) is 3.57 Å². The van der Waals surface area contributed by atoms with Crippen molar-refractivity contribution in [3.63, 3.8) is 0 Å². The lowest BCUT2D eigenvalue weighted by atomic mass is 10.0. The fourth-order valence-electron chi connectivity index (χ4n) is 1.84. The molecule has 0 atom stereocenters. The van der Waals surface area contributed by atoms with Crippen LogP contribution >= 0.6 is 22.6 Å². The molecule has 0 bridgehead atoms. The van der Waals surface area contributed by atoms with E-state index >= 15 is 0 Å². The molecule has 0 radical (unpaired) electrons. The number of nitrogens with zero attached hydrogens (tertiary/aromatic N) is 1. The van der Waals surface area contributed by atoms with Gasteiger partial charge in [-0.3, -0.25) is 4.79 Å². The van der Waals surface area contributed by atoms with Crippen LogP contribution in [0.4, 0.5) is 0 Å². The maximum Gasteiger partial charge on any atom is 0.264 e. The Morgan fingerprint density at radius 1 is 1.17 bits per heavy atom. The van der Waals surface area contributed by atoms with Crippen molar-refractivity contribution in [2.75, 3.05) is 0 Å². The Morgan fingerprint density at radius 2 is 1.83 bits per heavy atom. The zero-order valence-electron chi connectivity index (χ0n) is 10.6. The van der Waals surface area contributed by atoms with Gasteiger partial charge in [0.1, 0.15) is 0 Å². The Morgan fingerprint density at radius 3 is 2.44 bits per heavy atom. The Balaban J connectivity index is 2.24. The summed E-state index contributed by atoms with van der Waals surface area (Å²) in [6, 6.07) is 12.2. The first-order valence-electron chi connectivity index (χ1n) is 6.01. The van der Waals surface area contributed by atoms with Gasteiger partial charge >= 0.3 is 0 Å². The molecule has 3 heteroatoms. The highest BCUT2D eigenvalue weighted by Crippen LogP contribution is 2.15. The van der Waals surface area contributed by atoms with Gasteiger partial charge < -0.3 is 4.57 Å². The van der Waals surface area contributed by atoms with E-state index in [2.05, 4.69) is 60.7 Å². The van der Waals surface area contributed by atoms with Gasteiger partial charge in [-0.15, -0.1) is 0 Å². The molecule has 0 unspecified atom stereocenters. The predicted molar refractivity (Wildman–Crippen MR) is 83.1 cm³/mol. The Kier molecular flexibility index (Phi) is 4.22. The first-order chi connectivity index (χ1) is 8.58. The molecule has 0 spiro atoms. The molecule has 0 fully saturated rings. The van der Waals surface area contributed by atoms with Crippen molar-refractivity contribution >= 4 is 22.6 Å². The Labute approximate surface area is 121 Å². The van der Waals surface area contributed by atoms with E-state index in [-0.39, 0.29) is 5.56 Å². The average Bonchev–Trinajstić information content (AvgIpc) is 2.36. The van der Waals surface area contributed by atoms with Crippen LogP contribution in [0.25, 0.3) is 0 Å². The van der Waals surface area contributed by atoms with Crippen molar-refractivity contribution in [2.24, 2.45) is 0 Å². The molecule has 0 aliphatic heterocycles. The van der Waals surface area contributed by atoms with Crippen LogP contribution < -0.4 is 5.56 Å². The third kappa shape index (κ3) is 3.02. The van der Waals surface area contributed by atoms with E-state index in [1.54, 1.807) is 4.57 Å². The molecule has 2 aromatic rings. The monoisotopic (exact) mass is 353 g/mol. The largest absolute Gasteiger partial charge is 0.310 e. The van der Waals surface area contributed by atoms with Crippen LogP contribution in [0.15, 0.2) is 47.4 Å². The molecular formula is C15H16INO. The smallest absolute Gasteiger partial charge is 0.264 e. The minimum atomic E-state index is 0.0750. The van der Waals surface area contributed by atoms with Crippen molar-refractivity contribution in [3.8, 4) is 0 Å². The maximum atomic E-state index is 11.9. The van der Waals surface area contributed by atoms with Gasteiger partial charge in [0, 0.05) is 6.20 Å². The molecule has 0 saturated heterocycles. The number of halogens is 1. The molecule has 2 rings (SSSR count). The summed E-state index contributed by atoms with van der Waals surface area (Å²) in [5, 5.41) is 0. The lowest BCUT2D eigenvalue weighted by Gasteiger charge is -2.09. The van der Waals surface area contributed by atoms with Gasteiger partial charge in [-0.25, -0.2) is 0 Å². The third-order valence-corrected chi connectivity index (χ3v) is 3.79. The van der Waals surface area contributed by atoms with Crippen molar-refractivity contribution in [1.29, 1.82) is 0 Å². The second kappa shape index (κ2) is 5.69. The van der Waals surface area contributed by atoms with Crippen molar-refractivity contribution < 1.29 is 0 Å². The Hall–Kier alpha value is -1.10. The zero-order chi connectivity index (χ0) is 13.1. The van der Waals surface area contributed by atoms with Crippen LogP contribution in [0.2, 0.25) is 0 Å². The molecule has 1 aromatic heterocycles. The summed E-state index contributed by atoms with van der Waals surface area (Å²) >= 11 is 2.07. The molecule has 0 saturated carbocycles. The maximum absolute atomic E-state index is 11.9. The third-order valence-electron chi connectivity index (χ3n) is 2.97. The summed E-state index contributed by atoms with van der Waals surface area (Å²) in [5.41, 5.74) is 2.56. The van der Waals surface area contributed by atoms with E-state index in [9.17, 15) is 4.79 Å². The fraction of sp³-hybridized carbons (Fsp3) is 0.267. The SMILES string of the molecule is CC(C)c1ccc(Cn2cccc(I)c2=O)cc1. The molecule has 1 aromatic carbocycles. The molecule has 2 nitrogen and oxygen atoms in total. The highest BCUT2D eigenvalue weighted by Gasteiger charge is 2.02. The lowest BCUT2D eigenvalue weighted by molar-refractivity contribution is 0.753. The second-order valence-corrected chi connectivity index (χ2v) is 5.85. The van der Waals surface area contributed by atoms with Crippen molar-refractivity contribution in [2.45, 2.75) is 26.3 Å². The van der Waals surface area contributed by atoms with Crippen LogP contribution in [-0.2, 0) is 6.54 Å². The Bertz CT molecular complexity index is 584. The number of rotatable bonds is 3. The fourth-order valence-corrected chi connectivity index (χ4v) is 2.35. The molecule has 0 amide bonds. The quantitative estimate of drug-likeness (QED) is 0.773. The first-order valence-corrected chi connectivity index (χ1v) is 7.09. The summed E-state index contributed by atoms with van der Waals surface area (Å²) in [6.45, 7) is 4.99. The van der Waals surface area contributed by atoms with E-state index in [4.69, 9.17) is 0 Å². The van der Waals surface area contributed by atoms with Crippen LogP contribution in [0.3, 0.4) is 0 Å². The first kappa shape index (κ1) is 13.3. The summed E-state index contributed by atoms with van der Waals surface area (Å²) in [4.78, 5) is 11.9. The van der Waals surface area contributed by atoms with Gasteiger partial charge in [-0.05, 0) is 51.8 Å². The molecule has 18 heavy (non-hydrogen) atoms. The summed E-state index contributed by atoms with van der Waals surface area (Å²) in [6.07, 6.45) is 1.83. The normalized spacial score (nSPS) is 10.9. The topological polar surface area (TPSA) is 22.0 Å². The van der Waals surface area contributed by atoms with E-state index in [1.807, 2.05) is 18.3 Å². The van der Waals surface area contributed by atoms with Gasteiger partial charge in [-0.1, -0.05) is 38.1 Å². The highest BCUT2D eigenvalue weighted by molar-refractivity contribution is 14.1. The molecule has 0 aliphatic carbocycles. The van der Waals surface area contributed by atoms with E-state index in [0.717, 1.165) is 9.13 Å². The van der Waals surface area contributed by atoms with E-state index < -0.39 is 0 Å². The highest BCUT2D eigenvalue weighted by atomic mass is 127. The van der Waals surface area contributed by atoms with Gasteiger partial charge in [0.25, 0.3) is 5.56 Å². The summed E-state index contributed by atoms with van der Waals surface area (Å²) in [7, 11) is 0. The molecule has 0 N–H and O–H groups in total. The standard InChI is InChI=1S/C15H16INO/c1-11(2)13-7-5-12(6-8-13)10-17-9-3-4-14(16)15(17)18/h3-9,11H,10H2,1-2H3. The van der Waals surface area contributed by atoms with Gasteiger partial charge in [0.05, 0.1) is 10.1 Å². The van der Waals surface area contributed by atoms with Gasteiger partial charge in [0.15, 0.2) is 0 Å². The number of aromatic nitrogens is 1. The van der Waals surface area contributed by atoms with Crippen LogP contribution in [0.5, 0.6) is 0 Å². The zero-order valence-corrected chi connectivity index (χ0v) is 12.7. The number of pyridine rings is 1. The van der Waals surface area contributed by atoms with E-state index in [0.29, 0.717) is 12.5 Å². The average molecular weight is 353 g/mol.